The monoisotopic (exact) mass is 241 g/mol. The summed E-state index contributed by atoms with van der Waals surface area (Å²) in [4.78, 5) is 22.0. The van der Waals surface area contributed by atoms with E-state index in [2.05, 4.69) is 19.2 Å². The topological polar surface area (TPSA) is 66.4 Å². The van der Waals surface area contributed by atoms with Gasteiger partial charge in [-0.1, -0.05) is 26.7 Å². The third-order valence-corrected chi connectivity index (χ3v) is 3.85. The van der Waals surface area contributed by atoms with E-state index >= 15 is 0 Å². The first-order chi connectivity index (χ1) is 8.00. The van der Waals surface area contributed by atoms with Crippen LogP contribution in [-0.2, 0) is 9.59 Å². The van der Waals surface area contributed by atoms with Crippen LogP contribution in [0.5, 0.6) is 0 Å². The largest absolute Gasteiger partial charge is 0.481 e. The van der Waals surface area contributed by atoms with Crippen LogP contribution in [0.1, 0.15) is 52.4 Å². The minimum atomic E-state index is -0.836. The first-order valence-corrected chi connectivity index (χ1v) is 6.52. The van der Waals surface area contributed by atoms with Crippen molar-refractivity contribution >= 4 is 11.9 Å². The number of nitrogens with one attached hydrogen (secondary N) is 1. The van der Waals surface area contributed by atoms with E-state index in [0.717, 1.165) is 6.42 Å². The Morgan fingerprint density at radius 2 is 1.94 bits per heavy atom. The van der Waals surface area contributed by atoms with E-state index in [4.69, 9.17) is 5.11 Å². The molecule has 4 nitrogen and oxygen atoms in total. The lowest BCUT2D eigenvalue weighted by atomic mass is 9.78. The highest BCUT2D eigenvalue weighted by molar-refractivity contribution is 5.77. The quantitative estimate of drug-likeness (QED) is 0.775. The molecule has 2 N–H and O–H groups in total. The molecular weight excluding hydrogens is 218 g/mol. The summed E-state index contributed by atoms with van der Waals surface area (Å²) >= 11 is 0. The summed E-state index contributed by atoms with van der Waals surface area (Å²) in [6, 6.07) is 0.274. The predicted molar refractivity (Wildman–Crippen MR) is 65.6 cm³/mol. The van der Waals surface area contributed by atoms with Gasteiger partial charge in [-0.3, -0.25) is 9.59 Å². The van der Waals surface area contributed by atoms with Gasteiger partial charge < -0.3 is 10.4 Å². The molecule has 1 rings (SSSR count). The Morgan fingerprint density at radius 1 is 1.24 bits per heavy atom. The second kappa shape index (κ2) is 6.62. The fourth-order valence-corrected chi connectivity index (χ4v) is 2.46. The molecule has 0 heterocycles. The lowest BCUT2D eigenvalue weighted by molar-refractivity contribution is -0.137. The van der Waals surface area contributed by atoms with Crippen molar-refractivity contribution in [1.82, 2.24) is 5.32 Å². The third-order valence-electron chi connectivity index (χ3n) is 3.85. The number of hydrogen-bond acceptors (Lipinski definition) is 2. The van der Waals surface area contributed by atoms with Gasteiger partial charge in [0, 0.05) is 18.9 Å². The highest BCUT2D eigenvalue weighted by Gasteiger charge is 2.27. The lowest BCUT2D eigenvalue weighted by Gasteiger charge is -2.34. The molecule has 1 saturated carbocycles. The molecule has 1 aliphatic rings. The summed E-state index contributed by atoms with van der Waals surface area (Å²) in [6.07, 6.45) is 4.29. The molecule has 1 aliphatic carbocycles. The SMILES string of the molecule is C[C@H]1[C@H](C)CCC[C@H]1NC(=O)CCCC(=O)O. The van der Waals surface area contributed by atoms with Gasteiger partial charge in [0.1, 0.15) is 0 Å². The van der Waals surface area contributed by atoms with Crippen molar-refractivity contribution in [2.45, 2.75) is 58.4 Å². The number of carboxylic acid groups (broad SMARTS) is 1. The molecule has 0 aromatic carbocycles. The number of amides is 1. The van der Waals surface area contributed by atoms with Crippen LogP contribution in [0.15, 0.2) is 0 Å². The molecule has 0 unspecified atom stereocenters. The van der Waals surface area contributed by atoms with Gasteiger partial charge in [0.05, 0.1) is 0 Å². The number of aliphatic carboxylic acids is 1. The van der Waals surface area contributed by atoms with Crippen LogP contribution in [0.2, 0.25) is 0 Å². The van der Waals surface area contributed by atoms with Crippen molar-refractivity contribution in [1.29, 1.82) is 0 Å². The molecule has 0 aromatic rings. The summed E-state index contributed by atoms with van der Waals surface area (Å²) in [5.74, 6) is 0.343. The van der Waals surface area contributed by atoms with E-state index in [1.165, 1.54) is 12.8 Å². The summed E-state index contributed by atoms with van der Waals surface area (Å²) in [5, 5.41) is 11.5. The fourth-order valence-electron chi connectivity index (χ4n) is 2.46. The van der Waals surface area contributed by atoms with Gasteiger partial charge in [-0.2, -0.15) is 0 Å². The van der Waals surface area contributed by atoms with Crippen molar-refractivity contribution in [3.8, 4) is 0 Å². The van der Waals surface area contributed by atoms with E-state index < -0.39 is 5.97 Å². The van der Waals surface area contributed by atoms with Crippen molar-refractivity contribution in [3.63, 3.8) is 0 Å². The maximum atomic E-state index is 11.6. The number of carboxylic acids is 1. The van der Waals surface area contributed by atoms with Crippen LogP contribution in [-0.4, -0.2) is 23.0 Å². The number of hydrogen-bond donors (Lipinski definition) is 2. The smallest absolute Gasteiger partial charge is 0.303 e. The highest BCUT2D eigenvalue weighted by Crippen LogP contribution is 2.29. The van der Waals surface area contributed by atoms with Crippen LogP contribution in [0, 0.1) is 11.8 Å². The Kier molecular flexibility index (Phi) is 5.45. The molecule has 0 saturated heterocycles. The molecule has 1 fully saturated rings. The molecule has 1 amide bonds. The number of carbonyl (C=O) groups is 2. The summed E-state index contributed by atoms with van der Waals surface area (Å²) in [7, 11) is 0. The lowest BCUT2D eigenvalue weighted by Crippen LogP contribution is -2.43. The van der Waals surface area contributed by atoms with Crippen molar-refractivity contribution < 1.29 is 14.7 Å². The maximum Gasteiger partial charge on any atom is 0.303 e. The van der Waals surface area contributed by atoms with Gasteiger partial charge >= 0.3 is 5.97 Å². The Balaban J connectivity index is 2.27. The molecule has 17 heavy (non-hydrogen) atoms. The molecular formula is C13H23NO3. The van der Waals surface area contributed by atoms with Crippen LogP contribution in [0.25, 0.3) is 0 Å². The van der Waals surface area contributed by atoms with Crippen LogP contribution in [0.3, 0.4) is 0 Å². The van der Waals surface area contributed by atoms with Crippen LogP contribution >= 0.6 is 0 Å². The zero-order valence-electron chi connectivity index (χ0n) is 10.7. The first-order valence-electron chi connectivity index (χ1n) is 6.52. The summed E-state index contributed by atoms with van der Waals surface area (Å²) < 4.78 is 0. The van der Waals surface area contributed by atoms with Gasteiger partial charge in [0.25, 0.3) is 0 Å². The van der Waals surface area contributed by atoms with E-state index in [1.807, 2.05) is 0 Å². The first kappa shape index (κ1) is 14.0. The van der Waals surface area contributed by atoms with Crippen molar-refractivity contribution in [3.05, 3.63) is 0 Å². The molecule has 0 aromatic heterocycles. The standard InChI is InChI=1S/C13H23NO3/c1-9-5-3-6-11(10(9)2)14-12(15)7-4-8-13(16)17/h9-11H,3-8H2,1-2H3,(H,14,15)(H,16,17)/t9-,10+,11-/m1/s1. The average Bonchev–Trinajstić information content (AvgIpc) is 2.24. The molecule has 98 valence electrons. The number of carbonyl (C=O) groups excluding carboxylic acids is 1. The van der Waals surface area contributed by atoms with Gasteiger partial charge in [-0.05, 0) is 24.7 Å². The predicted octanol–water partition coefficient (Wildman–Crippen LogP) is 2.18. The Morgan fingerprint density at radius 3 is 2.59 bits per heavy atom. The third kappa shape index (κ3) is 4.75. The zero-order chi connectivity index (χ0) is 12.8. The van der Waals surface area contributed by atoms with Gasteiger partial charge in [0.15, 0.2) is 0 Å². The fraction of sp³-hybridized carbons (Fsp3) is 0.846. The number of rotatable bonds is 5. The second-order valence-electron chi connectivity index (χ2n) is 5.19. The van der Waals surface area contributed by atoms with Crippen LogP contribution < -0.4 is 5.32 Å². The second-order valence-corrected chi connectivity index (χ2v) is 5.19. The minimum absolute atomic E-state index is 0.00259. The molecule has 4 heteroatoms. The molecule has 0 aliphatic heterocycles. The van der Waals surface area contributed by atoms with Crippen molar-refractivity contribution in [2.75, 3.05) is 0 Å². The molecule has 0 bridgehead atoms. The Bertz CT molecular complexity index is 278. The van der Waals surface area contributed by atoms with Gasteiger partial charge in [0.2, 0.25) is 5.91 Å². The van der Waals surface area contributed by atoms with Crippen molar-refractivity contribution in [2.24, 2.45) is 11.8 Å². The van der Waals surface area contributed by atoms with E-state index in [-0.39, 0.29) is 18.4 Å². The summed E-state index contributed by atoms with van der Waals surface area (Å²) in [5.41, 5.74) is 0. The average molecular weight is 241 g/mol. The highest BCUT2D eigenvalue weighted by atomic mass is 16.4. The molecule has 0 radical (unpaired) electrons. The zero-order valence-corrected chi connectivity index (χ0v) is 10.7. The Hall–Kier alpha value is -1.06. The maximum absolute atomic E-state index is 11.6. The van der Waals surface area contributed by atoms with Crippen LogP contribution in [0.4, 0.5) is 0 Å². The molecule has 0 spiro atoms. The normalized spacial score (nSPS) is 28.7. The van der Waals surface area contributed by atoms with E-state index in [1.54, 1.807) is 0 Å². The minimum Gasteiger partial charge on any atom is -0.481 e. The van der Waals surface area contributed by atoms with Gasteiger partial charge in [-0.15, -0.1) is 0 Å². The summed E-state index contributed by atoms with van der Waals surface area (Å²) in [6.45, 7) is 4.42. The van der Waals surface area contributed by atoms with E-state index in [9.17, 15) is 9.59 Å². The van der Waals surface area contributed by atoms with Gasteiger partial charge in [-0.25, -0.2) is 0 Å². The van der Waals surface area contributed by atoms with E-state index in [0.29, 0.717) is 24.7 Å². The Labute approximate surface area is 103 Å². The molecule has 3 atom stereocenters.